The molecule has 0 aliphatic carbocycles. The van der Waals surface area contributed by atoms with Gasteiger partial charge in [-0.2, -0.15) is 4.99 Å². The number of aliphatic imine (C=N–C) groups is 1. The van der Waals surface area contributed by atoms with Crippen LogP contribution in [0.5, 0.6) is 0 Å². The number of nitrogens with zero attached hydrogens (tertiary/aromatic N) is 2. The molecule has 0 radical (unpaired) electrons. The number of isocyanates is 1. The van der Waals surface area contributed by atoms with Gasteiger partial charge in [0.15, 0.2) is 5.58 Å². The minimum atomic E-state index is 0.438. The van der Waals surface area contributed by atoms with Crippen molar-refractivity contribution in [3.63, 3.8) is 0 Å². The van der Waals surface area contributed by atoms with Gasteiger partial charge in [-0.1, -0.05) is 23.7 Å². The standard InChI is InChI=1S/C14H7ClN2O2/c15-11-4-2-1-3-10(11)14-17-12-6-5-9(16-8-18)7-13(12)19-14/h1-7H. The topological polar surface area (TPSA) is 55.5 Å². The molecule has 0 fully saturated rings. The molecule has 0 unspecified atom stereocenters. The fraction of sp³-hybridized carbons (Fsp3) is 0. The third-order valence-corrected chi connectivity index (χ3v) is 2.98. The average molecular weight is 271 g/mol. The SMILES string of the molecule is O=C=Nc1ccc2nc(-c3ccccc3Cl)oc2c1. The Bertz CT molecular complexity index is 804. The number of benzene rings is 2. The maximum atomic E-state index is 10.2. The minimum Gasteiger partial charge on any atom is -0.436 e. The van der Waals surface area contributed by atoms with E-state index in [1.54, 1.807) is 24.3 Å². The van der Waals surface area contributed by atoms with Crippen molar-refractivity contribution in [1.29, 1.82) is 0 Å². The molecule has 0 bridgehead atoms. The van der Waals surface area contributed by atoms with E-state index < -0.39 is 0 Å². The first-order valence-electron chi connectivity index (χ1n) is 5.51. The second kappa shape index (κ2) is 4.69. The maximum absolute atomic E-state index is 10.2. The smallest absolute Gasteiger partial charge is 0.240 e. The van der Waals surface area contributed by atoms with Crippen molar-refractivity contribution in [3.05, 3.63) is 47.5 Å². The molecule has 4 nitrogen and oxygen atoms in total. The first-order chi connectivity index (χ1) is 9.28. The summed E-state index contributed by atoms with van der Waals surface area (Å²) in [5, 5.41) is 0.570. The molecular weight excluding hydrogens is 264 g/mol. The van der Waals surface area contributed by atoms with Crippen molar-refractivity contribution in [3.8, 4) is 11.5 Å². The van der Waals surface area contributed by atoms with Gasteiger partial charge in [0.05, 0.1) is 16.3 Å². The van der Waals surface area contributed by atoms with Crippen LogP contribution in [0.2, 0.25) is 5.02 Å². The Balaban J connectivity index is 2.17. The number of hydrogen-bond donors (Lipinski definition) is 0. The number of aromatic nitrogens is 1. The van der Waals surface area contributed by atoms with E-state index in [0.717, 1.165) is 5.56 Å². The van der Waals surface area contributed by atoms with E-state index in [-0.39, 0.29) is 0 Å². The van der Waals surface area contributed by atoms with Crippen LogP contribution in [-0.2, 0) is 4.79 Å². The lowest BCUT2D eigenvalue weighted by molar-refractivity contribution is 0.565. The Kier molecular flexibility index (Phi) is 2.88. The third kappa shape index (κ3) is 2.15. The Morgan fingerprint density at radius 3 is 2.84 bits per heavy atom. The molecule has 19 heavy (non-hydrogen) atoms. The summed E-state index contributed by atoms with van der Waals surface area (Å²) in [5.74, 6) is 0.438. The van der Waals surface area contributed by atoms with Gasteiger partial charge >= 0.3 is 0 Å². The van der Waals surface area contributed by atoms with Crippen LogP contribution in [-0.4, -0.2) is 11.1 Å². The summed E-state index contributed by atoms with van der Waals surface area (Å²) in [6.07, 6.45) is 1.49. The predicted octanol–water partition coefficient (Wildman–Crippen LogP) is 4.12. The van der Waals surface area contributed by atoms with Crippen LogP contribution in [0.4, 0.5) is 5.69 Å². The van der Waals surface area contributed by atoms with Crippen LogP contribution in [0.1, 0.15) is 0 Å². The zero-order chi connectivity index (χ0) is 13.2. The van der Waals surface area contributed by atoms with E-state index in [1.807, 2.05) is 18.2 Å². The number of rotatable bonds is 2. The van der Waals surface area contributed by atoms with Crippen molar-refractivity contribution in [2.24, 2.45) is 4.99 Å². The highest BCUT2D eigenvalue weighted by Crippen LogP contribution is 2.30. The van der Waals surface area contributed by atoms with Crippen molar-refractivity contribution in [1.82, 2.24) is 4.98 Å². The molecule has 92 valence electrons. The van der Waals surface area contributed by atoms with E-state index in [9.17, 15) is 4.79 Å². The van der Waals surface area contributed by atoms with E-state index in [0.29, 0.717) is 27.7 Å². The zero-order valence-corrected chi connectivity index (χ0v) is 10.4. The normalized spacial score (nSPS) is 10.4. The largest absolute Gasteiger partial charge is 0.436 e. The summed E-state index contributed by atoms with van der Waals surface area (Å²) in [4.78, 5) is 18.1. The molecule has 0 spiro atoms. The van der Waals surface area contributed by atoms with Gasteiger partial charge < -0.3 is 4.42 Å². The van der Waals surface area contributed by atoms with Crippen molar-refractivity contribution in [2.75, 3.05) is 0 Å². The highest BCUT2D eigenvalue weighted by atomic mass is 35.5. The number of carbonyl (C=O) groups excluding carboxylic acids is 1. The summed E-state index contributed by atoms with van der Waals surface area (Å²) in [6.45, 7) is 0. The van der Waals surface area contributed by atoms with Crippen LogP contribution in [0, 0.1) is 0 Å². The fourth-order valence-corrected chi connectivity index (χ4v) is 2.00. The fourth-order valence-electron chi connectivity index (χ4n) is 1.79. The molecule has 0 saturated heterocycles. The number of hydrogen-bond acceptors (Lipinski definition) is 4. The summed E-state index contributed by atoms with van der Waals surface area (Å²) in [7, 11) is 0. The molecule has 0 atom stereocenters. The van der Waals surface area contributed by atoms with Crippen LogP contribution in [0.3, 0.4) is 0 Å². The second-order valence-corrected chi connectivity index (χ2v) is 4.26. The highest BCUT2D eigenvalue weighted by Gasteiger charge is 2.11. The van der Waals surface area contributed by atoms with Crippen LogP contribution < -0.4 is 0 Å². The summed E-state index contributed by atoms with van der Waals surface area (Å²) < 4.78 is 5.64. The van der Waals surface area contributed by atoms with Gasteiger partial charge in [-0.25, -0.2) is 9.78 Å². The van der Waals surface area contributed by atoms with Crippen LogP contribution in [0.15, 0.2) is 51.9 Å². The predicted molar refractivity (Wildman–Crippen MR) is 72.2 cm³/mol. The lowest BCUT2D eigenvalue weighted by atomic mass is 10.2. The molecule has 0 N–H and O–H groups in total. The Labute approximate surface area is 113 Å². The van der Waals surface area contributed by atoms with E-state index >= 15 is 0 Å². The van der Waals surface area contributed by atoms with Gasteiger partial charge in [0.2, 0.25) is 12.0 Å². The van der Waals surface area contributed by atoms with Crippen molar-refractivity contribution >= 4 is 34.5 Å². The van der Waals surface area contributed by atoms with E-state index in [2.05, 4.69) is 9.98 Å². The Hall–Kier alpha value is -2.42. The van der Waals surface area contributed by atoms with Crippen LogP contribution >= 0.6 is 11.6 Å². The summed E-state index contributed by atoms with van der Waals surface area (Å²) in [5.41, 5.74) is 2.43. The van der Waals surface area contributed by atoms with Gasteiger partial charge in [-0.05, 0) is 24.3 Å². The molecule has 1 heterocycles. The minimum absolute atomic E-state index is 0.438. The Morgan fingerprint density at radius 1 is 1.21 bits per heavy atom. The van der Waals surface area contributed by atoms with Gasteiger partial charge in [0.1, 0.15) is 5.52 Å². The lowest BCUT2D eigenvalue weighted by Gasteiger charge is -1.96. The second-order valence-electron chi connectivity index (χ2n) is 3.85. The molecular formula is C14H7ClN2O2. The average Bonchev–Trinajstić information content (AvgIpc) is 2.82. The number of oxazole rings is 1. The number of halogens is 1. The molecule has 5 heteroatoms. The molecule has 0 amide bonds. The summed E-state index contributed by atoms with van der Waals surface area (Å²) >= 11 is 6.10. The van der Waals surface area contributed by atoms with Gasteiger partial charge in [0, 0.05) is 6.07 Å². The molecule has 1 aromatic heterocycles. The lowest BCUT2D eigenvalue weighted by Crippen LogP contribution is -1.77. The van der Waals surface area contributed by atoms with E-state index in [4.69, 9.17) is 16.0 Å². The van der Waals surface area contributed by atoms with Crippen molar-refractivity contribution < 1.29 is 9.21 Å². The molecule has 0 aliphatic rings. The molecule has 3 aromatic rings. The van der Waals surface area contributed by atoms with Gasteiger partial charge in [0.25, 0.3) is 0 Å². The molecule has 0 aliphatic heterocycles. The quantitative estimate of drug-likeness (QED) is 0.520. The van der Waals surface area contributed by atoms with Gasteiger partial charge in [-0.15, -0.1) is 0 Å². The van der Waals surface area contributed by atoms with Gasteiger partial charge in [-0.3, -0.25) is 0 Å². The molecule has 3 rings (SSSR count). The monoisotopic (exact) mass is 270 g/mol. The highest BCUT2D eigenvalue weighted by molar-refractivity contribution is 6.33. The molecule has 0 saturated carbocycles. The summed E-state index contributed by atoms with van der Waals surface area (Å²) in [6, 6.07) is 12.3. The van der Waals surface area contributed by atoms with E-state index in [1.165, 1.54) is 6.08 Å². The first kappa shape index (κ1) is 11.7. The number of fused-ring (bicyclic) bond motifs is 1. The maximum Gasteiger partial charge on any atom is 0.240 e. The Morgan fingerprint density at radius 2 is 2.05 bits per heavy atom. The van der Waals surface area contributed by atoms with Crippen LogP contribution in [0.25, 0.3) is 22.6 Å². The van der Waals surface area contributed by atoms with Crippen molar-refractivity contribution in [2.45, 2.75) is 0 Å². The zero-order valence-electron chi connectivity index (χ0n) is 9.63. The molecule has 2 aromatic carbocycles. The third-order valence-electron chi connectivity index (χ3n) is 2.65. The first-order valence-corrected chi connectivity index (χ1v) is 5.89.